The van der Waals surface area contributed by atoms with E-state index in [-0.39, 0.29) is 6.04 Å². The Morgan fingerprint density at radius 1 is 1.40 bits per heavy atom. The number of aryl methyl sites for hydroxylation is 1. The van der Waals surface area contributed by atoms with Crippen molar-refractivity contribution in [3.63, 3.8) is 0 Å². The summed E-state index contributed by atoms with van der Waals surface area (Å²) in [6.07, 6.45) is 1.99. The van der Waals surface area contributed by atoms with Gasteiger partial charge in [-0.05, 0) is 44.0 Å². The van der Waals surface area contributed by atoms with E-state index < -0.39 is 0 Å². The van der Waals surface area contributed by atoms with E-state index in [0.29, 0.717) is 0 Å². The molecule has 0 saturated heterocycles. The number of hydrogen-bond acceptors (Lipinski definition) is 1. The number of benzene rings is 1. The van der Waals surface area contributed by atoms with Gasteiger partial charge >= 0.3 is 0 Å². The standard InChI is InChI=1S/C12H15ClN2/c1-8(14)2-4-11-7-9-6-10(13)3-5-12(9)15-11/h3,5-8,15H,2,4,14H2,1H3. The number of halogens is 1. The maximum Gasteiger partial charge on any atom is 0.0457 e. The van der Waals surface area contributed by atoms with Crippen molar-refractivity contribution in [2.75, 3.05) is 0 Å². The van der Waals surface area contributed by atoms with E-state index in [1.807, 2.05) is 25.1 Å². The fourth-order valence-electron chi connectivity index (χ4n) is 1.68. The van der Waals surface area contributed by atoms with E-state index >= 15 is 0 Å². The SMILES string of the molecule is CC(N)CCc1cc2cc(Cl)ccc2[nH]1. The van der Waals surface area contributed by atoms with E-state index in [2.05, 4.69) is 11.1 Å². The van der Waals surface area contributed by atoms with Crippen molar-refractivity contribution in [1.29, 1.82) is 0 Å². The average Bonchev–Trinajstić information content (AvgIpc) is 2.56. The highest BCUT2D eigenvalue weighted by Crippen LogP contribution is 2.20. The smallest absolute Gasteiger partial charge is 0.0457 e. The minimum Gasteiger partial charge on any atom is -0.358 e. The lowest BCUT2D eigenvalue weighted by Gasteiger charge is -2.01. The zero-order valence-electron chi connectivity index (χ0n) is 8.76. The number of hydrogen-bond donors (Lipinski definition) is 2. The third-order valence-electron chi connectivity index (χ3n) is 2.51. The first-order chi connectivity index (χ1) is 7.15. The molecule has 0 bridgehead atoms. The molecule has 0 fully saturated rings. The normalized spacial score (nSPS) is 13.3. The van der Waals surface area contributed by atoms with Gasteiger partial charge in [-0.15, -0.1) is 0 Å². The van der Waals surface area contributed by atoms with Crippen LogP contribution in [0.25, 0.3) is 10.9 Å². The predicted molar refractivity (Wildman–Crippen MR) is 65.3 cm³/mol. The van der Waals surface area contributed by atoms with Gasteiger partial charge in [0.2, 0.25) is 0 Å². The molecule has 0 aliphatic rings. The number of nitrogens with one attached hydrogen (secondary N) is 1. The molecule has 0 radical (unpaired) electrons. The van der Waals surface area contributed by atoms with Crippen LogP contribution in [0.3, 0.4) is 0 Å². The van der Waals surface area contributed by atoms with Crippen molar-refractivity contribution < 1.29 is 0 Å². The van der Waals surface area contributed by atoms with E-state index in [1.165, 1.54) is 11.1 Å². The molecule has 1 atom stereocenters. The van der Waals surface area contributed by atoms with Gasteiger partial charge in [-0.1, -0.05) is 11.6 Å². The molecular formula is C12H15ClN2. The zero-order valence-corrected chi connectivity index (χ0v) is 9.51. The Morgan fingerprint density at radius 3 is 2.93 bits per heavy atom. The molecule has 2 rings (SSSR count). The molecule has 2 aromatic rings. The van der Waals surface area contributed by atoms with E-state index in [0.717, 1.165) is 23.4 Å². The molecule has 3 N–H and O–H groups in total. The molecule has 1 aromatic carbocycles. The van der Waals surface area contributed by atoms with Crippen molar-refractivity contribution in [2.24, 2.45) is 5.73 Å². The first-order valence-corrected chi connectivity index (χ1v) is 5.55. The number of H-pyrrole nitrogens is 1. The maximum absolute atomic E-state index is 5.92. The van der Waals surface area contributed by atoms with Gasteiger partial charge in [0.25, 0.3) is 0 Å². The summed E-state index contributed by atoms with van der Waals surface area (Å²) in [5.74, 6) is 0. The van der Waals surface area contributed by atoms with Crippen LogP contribution < -0.4 is 5.73 Å². The van der Waals surface area contributed by atoms with E-state index in [4.69, 9.17) is 17.3 Å². The maximum atomic E-state index is 5.92. The molecule has 1 aromatic heterocycles. The number of aromatic amines is 1. The second kappa shape index (κ2) is 4.25. The van der Waals surface area contributed by atoms with Crippen LogP contribution >= 0.6 is 11.6 Å². The summed E-state index contributed by atoms with van der Waals surface area (Å²) >= 11 is 5.92. The van der Waals surface area contributed by atoms with Crippen molar-refractivity contribution in [2.45, 2.75) is 25.8 Å². The molecule has 80 valence electrons. The third kappa shape index (κ3) is 2.52. The van der Waals surface area contributed by atoms with Gasteiger partial charge in [0.1, 0.15) is 0 Å². The first kappa shape index (κ1) is 10.5. The number of aromatic nitrogens is 1. The first-order valence-electron chi connectivity index (χ1n) is 5.18. The summed E-state index contributed by atoms with van der Waals surface area (Å²) in [5.41, 5.74) is 8.09. The molecule has 3 heteroatoms. The lowest BCUT2D eigenvalue weighted by molar-refractivity contribution is 0.660. The topological polar surface area (TPSA) is 41.8 Å². The zero-order chi connectivity index (χ0) is 10.8. The molecule has 0 aliphatic carbocycles. The van der Waals surface area contributed by atoms with Crippen LogP contribution in [0.5, 0.6) is 0 Å². The van der Waals surface area contributed by atoms with Gasteiger partial charge in [-0.2, -0.15) is 0 Å². The van der Waals surface area contributed by atoms with Gasteiger partial charge < -0.3 is 10.7 Å². The number of nitrogens with two attached hydrogens (primary N) is 1. The highest BCUT2D eigenvalue weighted by atomic mass is 35.5. The molecule has 0 aliphatic heterocycles. The van der Waals surface area contributed by atoms with Gasteiger partial charge in [-0.25, -0.2) is 0 Å². The van der Waals surface area contributed by atoms with Crippen LogP contribution in [0.15, 0.2) is 24.3 Å². The van der Waals surface area contributed by atoms with Gasteiger partial charge in [-0.3, -0.25) is 0 Å². The molecule has 0 saturated carbocycles. The lowest BCUT2D eigenvalue weighted by atomic mass is 10.1. The predicted octanol–water partition coefficient (Wildman–Crippen LogP) is 3.10. The Bertz CT molecular complexity index is 460. The van der Waals surface area contributed by atoms with Crippen LogP contribution in [0.1, 0.15) is 19.0 Å². The highest BCUT2D eigenvalue weighted by Gasteiger charge is 2.02. The quantitative estimate of drug-likeness (QED) is 0.824. The van der Waals surface area contributed by atoms with Gasteiger partial charge in [0, 0.05) is 27.7 Å². The molecule has 1 heterocycles. The van der Waals surface area contributed by atoms with Crippen LogP contribution in [0.2, 0.25) is 5.02 Å². The van der Waals surface area contributed by atoms with Crippen LogP contribution in [-0.2, 0) is 6.42 Å². The van der Waals surface area contributed by atoms with Gasteiger partial charge in [0.05, 0.1) is 0 Å². The molecule has 1 unspecified atom stereocenters. The largest absolute Gasteiger partial charge is 0.358 e. The highest BCUT2D eigenvalue weighted by molar-refractivity contribution is 6.31. The second-order valence-electron chi connectivity index (χ2n) is 4.04. The van der Waals surface area contributed by atoms with E-state index in [9.17, 15) is 0 Å². The second-order valence-corrected chi connectivity index (χ2v) is 4.48. The van der Waals surface area contributed by atoms with Crippen molar-refractivity contribution in [3.8, 4) is 0 Å². The minimum atomic E-state index is 0.250. The fraction of sp³-hybridized carbons (Fsp3) is 0.333. The van der Waals surface area contributed by atoms with Crippen LogP contribution in [0, 0.1) is 0 Å². The molecule has 0 spiro atoms. The summed E-state index contributed by atoms with van der Waals surface area (Å²) < 4.78 is 0. The van der Waals surface area contributed by atoms with E-state index in [1.54, 1.807) is 0 Å². The Hall–Kier alpha value is -0.990. The molecule has 0 amide bonds. The fourth-order valence-corrected chi connectivity index (χ4v) is 1.86. The molecule has 15 heavy (non-hydrogen) atoms. The van der Waals surface area contributed by atoms with Crippen molar-refractivity contribution in [1.82, 2.24) is 4.98 Å². The van der Waals surface area contributed by atoms with Crippen molar-refractivity contribution >= 4 is 22.5 Å². The lowest BCUT2D eigenvalue weighted by Crippen LogP contribution is -2.15. The number of fused-ring (bicyclic) bond motifs is 1. The Labute approximate surface area is 94.4 Å². The Morgan fingerprint density at radius 2 is 2.20 bits per heavy atom. The third-order valence-corrected chi connectivity index (χ3v) is 2.74. The molecule has 2 nitrogen and oxygen atoms in total. The summed E-state index contributed by atoms with van der Waals surface area (Å²) in [6.45, 7) is 2.03. The van der Waals surface area contributed by atoms with Crippen LogP contribution in [-0.4, -0.2) is 11.0 Å². The monoisotopic (exact) mass is 222 g/mol. The number of rotatable bonds is 3. The average molecular weight is 223 g/mol. The van der Waals surface area contributed by atoms with Crippen LogP contribution in [0.4, 0.5) is 0 Å². The Kier molecular flexibility index (Phi) is 2.98. The summed E-state index contributed by atoms with van der Waals surface area (Å²) in [6, 6.07) is 8.27. The summed E-state index contributed by atoms with van der Waals surface area (Å²) in [5, 5.41) is 1.95. The Balaban J connectivity index is 2.23. The summed E-state index contributed by atoms with van der Waals surface area (Å²) in [4.78, 5) is 3.36. The summed E-state index contributed by atoms with van der Waals surface area (Å²) in [7, 11) is 0. The minimum absolute atomic E-state index is 0.250. The van der Waals surface area contributed by atoms with Gasteiger partial charge in [0.15, 0.2) is 0 Å². The molecular weight excluding hydrogens is 208 g/mol. The van der Waals surface area contributed by atoms with Crippen molar-refractivity contribution in [3.05, 3.63) is 35.0 Å².